The molecule has 0 saturated carbocycles. The Bertz CT molecular complexity index is 332. The van der Waals surface area contributed by atoms with Crippen molar-refractivity contribution in [2.75, 3.05) is 0 Å². The smallest absolute Gasteiger partial charge is 0.428 e. The number of carbonyl (C=O) groups excluding carboxylic acids is 1. The molecule has 0 saturated heterocycles. The molecule has 0 bridgehead atoms. The minimum Gasteiger partial charge on any atom is -0.428 e. The normalized spacial score (nSPS) is 9.14. The Kier molecular flexibility index (Phi) is 3.87. The summed E-state index contributed by atoms with van der Waals surface area (Å²) in [5, 5.41) is 0. The molecule has 0 fully saturated rings. The van der Waals surface area contributed by atoms with Crippen LogP contribution in [0.15, 0.2) is 36.7 Å². The van der Waals surface area contributed by atoms with E-state index in [2.05, 4.69) is 22.9 Å². The van der Waals surface area contributed by atoms with Crippen LogP contribution in [-0.2, 0) is 16.1 Å². The molecule has 1 rings (SSSR count). The maximum Gasteiger partial charge on any atom is 0.514 e. The number of nitrogens with zero attached hydrogens (tertiary/aromatic N) is 1. The Labute approximate surface area is 85.5 Å². The predicted octanol–water partition coefficient (Wildman–Crippen LogP) is 2.50. The molecule has 14 heavy (non-hydrogen) atoms. The molecule has 74 valence electrons. The van der Waals surface area contributed by atoms with E-state index in [0.717, 1.165) is 4.88 Å². The van der Waals surface area contributed by atoms with E-state index in [4.69, 9.17) is 4.74 Å². The van der Waals surface area contributed by atoms with Gasteiger partial charge in [0, 0.05) is 6.20 Å². The highest BCUT2D eigenvalue weighted by atomic mass is 32.1. The second kappa shape index (κ2) is 5.18. The third-order valence-corrected chi connectivity index (χ3v) is 2.01. The monoisotopic (exact) mass is 211 g/mol. The van der Waals surface area contributed by atoms with Crippen LogP contribution >= 0.6 is 11.3 Å². The first-order chi connectivity index (χ1) is 6.72. The van der Waals surface area contributed by atoms with Crippen molar-refractivity contribution >= 4 is 17.5 Å². The zero-order valence-corrected chi connectivity index (χ0v) is 8.25. The molecule has 5 heteroatoms. The zero-order chi connectivity index (χ0) is 10.4. The van der Waals surface area contributed by atoms with Gasteiger partial charge in [-0.15, -0.1) is 11.3 Å². The van der Waals surface area contributed by atoms with E-state index in [-0.39, 0.29) is 12.4 Å². The number of hydrogen-bond acceptors (Lipinski definition) is 5. The Balaban J connectivity index is 2.28. The van der Waals surface area contributed by atoms with Gasteiger partial charge >= 0.3 is 6.16 Å². The average Bonchev–Trinajstić information content (AvgIpc) is 2.67. The van der Waals surface area contributed by atoms with Crippen LogP contribution in [0.4, 0.5) is 4.79 Å². The van der Waals surface area contributed by atoms with Crippen LogP contribution in [0.3, 0.4) is 0 Å². The van der Waals surface area contributed by atoms with Crippen molar-refractivity contribution in [3.63, 3.8) is 0 Å². The second-order valence-corrected chi connectivity index (χ2v) is 3.25. The summed E-state index contributed by atoms with van der Waals surface area (Å²) in [5.74, 6) is 0.166. The summed E-state index contributed by atoms with van der Waals surface area (Å²) in [5.41, 5.74) is 1.66. The third kappa shape index (κ3) is 3.40. The highest BCUT2D eigenvalue weighted by molar-refractivity contribution is 7.09. The first-order valence-electron chi connectivity index (χ1n) is 3.75. The van der Waals surface area contributed by atoms with Gasteiger partial charge in [-0.2, -0.15) is 0 Å². The number of aromatic nitrogens is 1. The summed E-state index contributed by atoms with van der Waals surface area (Å²) < 4.78 is 9.37. The molecular weight excluding hydrogens is 202 g/mol. The van der Waals surface area contributed by atoms with Gasteiger partial charge in [0.2, 0.25) is 0 Å². The van der Waals surface area contributed by atoms with Gasteiger partial charge in [0.25, 0.3) is 0 Å². The van der Waals surface area contributed by atoms with E-state index in [0.29, 0.717) is 0 Å². The van der Waals surface area contributed by atoms with Crippen LogP contribution < -0.4 is 0 Å². The summed E-state index contributed by atoms with van der Waals surface area (Å²) in [6.45, 7) is 6.95. The van der Waals surface area contributed by atoms with Gasteiger partial charge in [-0.05, 0) is 6.08 Å². The molecule has 1 heterocycles. The largest absolute Gasteiger partial charge is 0.514 e. The number of allylic oxidation sites excluding steroid dienone is 1. The molecular formula is C9H9NO3S. The zero-order valence-electron chi connectivity index (χ0n) is 7.43. The van der Waals surface area contributed by atoms with Crippen molar-refractivity contribution in [3.8, 4) is 0 Å². The van der Waals surface area contributed by atoms with Crippen LogP contribution in [0.2, 0.25) is 0 Å². The van der Waals surface area contributed by atoms with Crippen LogP contribution in [0, 0.1) is 0 Å². The maximum absolute atomic E-state index is 10.9. The molecule has 1 aromatic heterocycles. The summed E-state index contributed by atoms with van der Waals surface area (Å²) in [7, 11) is 0. The maximum atomic E-state index is 10.9. The molecule has 0 aromatic carbocycles. The van der Waals surface area contributed by atoms with Crippen molar-refractivity contribution in [1.82, 2.24) is 4.98 Å². The lowest BCUT2D eigenvalue weighted by atomic mass is 10.6. The fourth-order valence-corrected chi connectivity index (χ4v) is 1.13. The van der Waals surface area contributed by atoms with E-state index in [1.807, 2.05) is 0 Å². The molecule has 0 radical (unpaired) electrons. The Hall–Kier alpha value is -1.62. The van der Waals surface area contributed by atoms with Crippen LogP contribution in [0.1, 0.15) is 4.88 Å². The summed E-state index contributed by atoms with van der Waals surface area (Å²) in [4.78, 5) is 15.6. The molecule has 1 aromatic rings. The molecule has 0 aliphatic carbocycles. The van der Waals surface area contributed by atoms with Crippen molar-refractivity contribution in [1.29, 1.82) is 0 Å². The molecule has 0 spiro atoms. The Morgan fingerprint density at radius 1 is 1.71 bits per heavy atom. The van der Waals surface area contributed by atoms with Gasteiger partial charge in [0.05, 0.1) is 10.4 Å². The van der Waals surface area contributed by atoms with Crippen molar-refractivity contribution < 1.29 is 14.3 Å². The predicted molar refractivity (Wildman–Crippen MR) is 52.7 cm³/mol. The van der Waals surface area contributed by atoms with Gasteiger partial charge in [0.15, 0.2) is 0 Å². The lowest BCUT2D eigenvalue weighted by Gasteiger charge is -2.03. The molecule has 0 N–H and O–H groups in total. The molecule has 0 aliphatic rings. The van der Waals surface area contributed by atoms with Crippen LogP contribution in [0.5, 0.6) is 0 Å². The average molecular weight is 211 g/mol. The first kappa shape index (κ1) is 10.5. The van der Waals surface area contributed by atoms with E-state index in [1.165, 1.54) is 17.4 Å². The van der Waals surface area contributed by atoms with Crippen LogP contribution in [0.25, 0.3) is 0 Å². The summed E-state index contributed by atoms with van der Waals surface area (Å²) in [6.07, 6.45) is 2.16. The lowest BCUT2D eigenvalue weighted by Crippen LogP contribution is -2.05. The molecule has 0 unspecified atom stereocenters. The SMILES string of the molecule is C=CC(=C)OC(=O)OCc1cncs1. The molecule has 0 amide bonds. The fourth-order valence-electron chi connectivity index (χ4n) is 0.622. The minimum absolute atomic E-state index is 0.161. The van der Waals surface area contributed by atoms with E-state index >= 15 is 0 Å². The van der Waals surface area contributed by atoms with Crippen LogP contribution in [-0.4, -0.2) is 11.1 Å². The molecule has 4 nitrogen and oxygen atoms in total. The number of ether oxygens (including phenoxy) is 2. The second-order valence-electron chi connectivity index (χ2n) is 2.28. The minimum atomic E-state index is -0.789. The highest BCUT2D eigenvalue weighted by Gasteiger charge is 2.05. The van der Waals surface area contributed by atoms with Gasteiger partial charge in [-0.1, -0.05) is 13.2 Å². The summed E-state index contributed by atoms with van der Waals surface area (Å²) in [6, 6.07) is 0. The fraction of sp³-hybridized carbons (Fsp3) is 0.111. The Morgan fingerprint density at radius 3 is 3.07 bits per heavy atom. The van der Waals surface area contributed by atoms with Crippen molar-refractivity contribution in [2.45, 2.75) is 6.61 Å². The first-order valence-corrected chi connectivity index (χ1v) is 4.63. The standard InChI is InChI=1S/C9H9NO3S/c1-3-7(2)13-9(11)12-5-8-4-10-6-14-8/h3-4,6H,1-2,5H2. The molecule has 0 atom stereocenters. The quantitative estimate of drug-likeness (QED) is 0.436. The number of carbonyl (C=O) groups is 1. The van der Waals surface area contributed by atoms with Gasteiger partial charge in [-0.25, -0.2) is 4.79 Å². The lowest BCUT2D eigenvalue weighted by molar-refractivity contribution is 0.0747. The third-order valence-electron chi connectivity index (χ3n) is 1.26. The summed E-state index contributed by atoms with van der Waals surface area (Å²) >= 11 is 1.40. The van der Waals surface area contributed by atoms with Gasteiger partial charge in [0.1, 0.15) is 12.4 Å². The van der Waals surface area contributed by atoms with E-state index in [1.54, 1.807) is 11.7 Å². The van der Waals surface area contributed by atoms with Gasteiger partial charge < -0.3 is 9.47 Å². The number of hydrogen-bond donors (Lipinski definition) is 0. The topological polar surface area (TPSA) is 48.4 Å². The van der Waals surface area contributed by atoms with E-state index < -0.39 is 6.16 Å². The van der Waals surface area contributed by atoms with Crippen molar-refractivity contribution in [2.24, 2.45) is 0 Å². The van der Waals surface area contributed by atoms with E-state index in [9.17, 15) is 4.79 Å². The Morgan fingerprint density at radius 2 is 2.50 bits per heavy atom. The number of rotatable bonds is 4. The highest BCUT2D eigenvalue weighted by Crippen LogP contribution is 2.08. The van der Waals surface area contributed by atoms with Crippen molar-refractivity contribution in [3.05, 3.63) is 41.6 Å². The van der Waals surface area contributed by atoms with Gasteiger partial charge in [-0.3, -0.25) is 4.98 Å². The molecule has 0 aliphatic heterocycles. The number of thiazole rings is 1.